The molecule has 142 valence electrons. The van der Waals surface area contributed by atoms with Crippen LogP contribution in [0.2, 0.25) is 0 Å². The van der Waals surface area contributed by atoms with Gasteiger partial charge in [0.05, 0.1) is 11.6 Å². The van der Waals surface area contributed by atoms with Crippen molar-refractivity contribution in [1.82, 2.24) is 5.32 Å². The van der Waals surface area contributed by atoms with E-state index in [-0.39, 0.29) is 29.9 Å². The second-order valence-corrected chi connectivity index (χ2v) is 6.34. The molecule has 0 fully saturated rings. The van der Waals surface area contributed by atoms with Gasteiger partial charge < -0.3 is 15.2 Å². The minimum atomic E-state index is -0.616. The normalized spacial score (nSPS) is 11.4. The van der Waals surface area contributed by atoms with Crippen molar-refractivity contribution in [1.29, 1.82) is 0 Å². The average molecular weight is 375 g/mol. The fourth-order valence-electron chi connectivity index (χ4n) is 2.84. The molecule has 5 nitrogen and oxygen atoms in total. The predicted molar refractivity (Wildman–Crippen MR) is 106 cm³/mol. The van der Waals surface area contributed by atoms with Gasteiger partial charge in [0.25, 0.3) is 5.91 Å². The number of phenolic OH excluding ortho intramolecular Hbond substituents is 1. The average Bonchev–Trinajstić information content (AvgIpc) is 2.73. The lowest BCUT2D eigenvalue weighted by Gasteiger charge is -2.19. The topological polar surface area (TPSA) is 75.6 Å². The van der Waals surface area contributed by atoms with E-state index in [4.69, 9.17) is 4.74 Å². The Hall–Kier alpha value is -3.60. The second kappa shape index (κ2) is 9.37. The van der Waals surface area contributed by atoms with Crippen molar-refractivity contribution in [3.63, 3.8) is 0 Å². The molecule has 1 amide bonds. The third-order valence-electron chi connectivity index (χ3n) is 4.26. The molecule has 0 radical (unpaired) electrons. The molecular formula is C23H21NO4. The van der Waals surface area contributed by atoms with Crippen LogP contribution in [-0.2, 0) is 16.0 Å². The zero-order valence-electron chi connectivity index (χ0n) is 15.2. The summed E-state index contributed by atoms with van der Waals surface area (Å²) in [5, 5.41) is 12.2. The second-order valence-electron chi connectivity index (χ2n) is 6.34. The Morgan fingerprint density at radius 2 is 1.46 bits per heavy atom. The van der Waals surface area contributed by atoms with Crippen molar-refractivity contribution in [3.05, 3.63) is 102 Å². The molecule has 0 aliphatic carbocycles. The maximum Gasteiger partial charge on any atom is 0.338 e. The number of hydrogen-bond acceptors (Lipinski definition) is 4. The molecule has 0 saturated carbocycles. The summed E-state index contributed by atoms with van der Waals surface area (Å²) in [5.41, 5.74) is 2.34. The van der Waals surface area contributed by atoms with Crippen molar-refractivity contribution in [3.8, 4) is 5.75 Å². The SMILES string of the molecule is O=C(COC(=O)c1ccc(O)cc1)N[C@@H](Cc1ccccc1)c1ccccc1. The summed E-state index contributed by atoms with van der Waals surface area (Å²) in [6, 6.07) is 25.0. The molecule has 0 aliphatic rings. The van der Waals surface area contributed by atoms with Crippen LogP contribution in [0.4, 0.5) is 0 Å². The Labute approximate surface area is 163 Å². The molecule has 1 atom stereocenters. The predicted octanol–water partition coefficient (Wildman–Crippen LogP) is 3.65. The molecule has 3 aromatic rings. The molecule has 0 spiro atoms. The van der Waals surface area contributed by atoms with Crippen LogP contribution in [0.1, 0.15) is 27.5 Å². The van der Waals surface area contributed by atoms with E-state index in [0.717, 1.165) is 11.1 Å². The minimum absolute atomic E-state index is 0.0564. The van der Waals surface area contributed by atoms with Gasteiger partial charge in [0, 0.05) is 0 Å². The van der Waals surface area contributed by atoms with Crippen LogP contribution in [0.5, 0.6) is 5.75 Å². The summed E-state index contributed by atoms with van der Waals surface area (Å²) < 4.78 is 5.08. The Bertz CT molecular complexity index is 908. The van der Waals surface area contributed by atoms with E-state index in [9.17, 15) is 14.7 Å². The van der Waals surface area contributed by atoms with Gasteiger partial charge in [-0.3, -0.25) is 4.79 Å². The van der Waals surface area contributed by atoms with E-state index in [1.807, 2.05) is 60.7 Å². The number of nitrogens with one attached hydrogen (secondary N) is 1. The number of hydrogen-bond donors (Lipinski definition) is 2. The number of carbonyl (C=O) groups excluding carboxylic acids is 2. The lowest BCUT2D eigenvalue weighted by Crippen LogP contribution is -2.33. The number of esters is 1. The summed E-state index contributed by atoms with van der Waals surface area (Å²) in [6.07, 6.45) is 0.627. The first-order chi connectivity index (χ1) is 13.6. The molecule has 3 rings (SSSR count). The number of ether oxygens (including phenoxy) is 1. The molecule has 0 aliphatic heterocycles. The molecule has 0 bridgehead atoms. The van der Waals surface area contributed by atoms with Gasteiger partial charge in [-0.2, -0.15) is 0 Å². The largest absolute Gasteiger partial charge is 0.508 e. The molecule has 3 aromatic carbocycles. The fraction of sp³-hybridized carbons (Fsp3) is 0.130. The van der Waals surface area contributed by atoms with Gasteiger partial charge in [0.1, 0.15) is 5.75 Å². The van der Waals surface area contributed by atoms with Crippen LogP contribution in [0.15, 0.2) is 84.9 Å². The van der Waals surface area contributed by atoms with Gasteiger partial charge in [-0.15, -0.1) is 0 Å². The van der Waals surface area contributed by atoms with Crippen molar-refractivity contribution in [2.45, 2.75) is 12.5 Å². The first kappa shape index (κ1) is 19.2. The van der Waals surface area contributed by atoms with Crippen molar-refractivity contribution >= 4 is 11.9 Å². The van der Waals surface area contributed by atoms with Crippen LogP contribution < -0.4 is 5.32 Å². The number of aromatic hydroxyl groups is 1. The Kier molecular flexibility index (Phi) is 6.41. The molecular weight excluding hydrogens is 354 g/mol. The Balaban J connectivity index is 1.62. The summed E-state index contributed by atoms with van der Waals surface area (Å²) in [4.78, 5) is 24.4. The summed E-state index contributed by atoms with van der Waals surface area (Å²) in [6.45, 7) is -0.377. The van der Waals surface area contributed by atoms with Gasteiger partial charge in [-0.05, 0) is 41.8 Å². The van der Waals surface area contributed by atoms with E-state index >= 15 is 0 Å². The van der Waals surface area contributed by atoms with Crippen LogP contribution >= 0.6 is 0 Å². The fourth-order valence-corrected chi connectivity index (χ4v) is 2.84. The zero-order chi connectivity index (χ0) is 19.8. The molecule has 0 saturated heterocycles. The molecule has 0 unspecified atom stereocenters. The zero-order valence-corrected chi connectivity index (χ0v) is 15.2. The highest BCUT2D eigenvalue weighted by atomic mass is 16.5. The highest BCUT2D eigenvalue weighted by molar-refractivity contribution is 5.91. The van der Waals surface area contributed by atoms with Crippen LogP contribution in [0.25, 0.3) is 0 Å². The molecule has 28 heavy (non-hydrogen) atoms. The first-order valence-electron chi connectivity index (χ1n) is 8.96. The highest BCUT2D eigenvalue weighted by Gasteiger charge is 2.17. The van der Waals surface area contributed by atoms with Gasteiger partial charge in [0.2, 0.25) is 0 Å². The standard InChI is InChI=1S/C23H21NO4/c25-20-13-11-19(12-14-20)23(27)28-16-22(26)24-21(18-9-5-2-6-10-18)15-17-7-3-1-4-8-17/h1-14,21,25H,15-16H2,(H,24,26)/t21-/m0/s1. The number of benzene rings is 3. The van der Waals surface area contributed by atoms with Crippen LogP contribution in [-0.4, -0.2) is 23.6 Å². The smallest absolute Gasteiger partial charge is 0.338 e. The Morgan fingerprint density at radius 1 is 0.857 bits per heavy atom. The number of amides is 1. The monoisotopic (exact) mass is 375 g/mol. The molecule has 0 heterocycles. The summed E-state index contributed by atoms with van der Waals surface area (Å²) >= 11 is 0. The van der Waals surface area contributed by atoms with E-state index in [2.05, 4.69) is 5.32 Å². The van der Waals surface area contributed by atoms with E-state index in [1.54, 1.807) is 0 Å². The minimum Gasteiger partial charge on any atom is -0.508 e. The first-order valence-corrected chi connectivity index (χ1v) is 8.96. The van der Waals surface area contributed by atoms with E-state index in [0.29, 0.717) is 6.42 Å². The highest BCUT2D eigenvalue weighted by Crippen LogP contribution is 2.18. The maximum absolute atomic E-state index is 12.4. The third-order valence-corrected chi connectivity index (χ3v) is 4.26. The Morgan fingerprint density at radius 3 is 2.11 bits per heavy atom. The lowest BCUT2D eigenvalue weighted by molar-refractivity contribution is -0.125. The van der Waals surface area contributed by atoms with Crippen LogP contribution in [0.3, 0.4) is 0 Å². The number of rotatable bonds is 7. The van der Waals surface area contributed by atoms with Gasteiger partial charge >= 0.3 is 5.97 Å². The van der Waals surface area contributed by atoms with Gasteiger partial charge in [0.15, 0.2) is 6.61 Å². The summed E-state index contributed by atoms with van der Waals surface area (Å²) in [5.74, 6) is -0.938. The summed E-state index contributed by atoms with van der Waals surface area (Å²) in [7, 11) is 0. The lowest BCUT2D eigenvalue weighted by atomic mass is 9.99. The van der Waals surface area contributed by atoms with Gasteiger partial charge in [-0.1, -0.05) is 60.7 Å². The molecule has 2 N–H and O–H groups in total. The van der Waals surface area contributed by atoms with Crippen molar-refractivity contribution in [2.24, 2.45) is 0 Å². The van der Waals surface area contributed by atoms with Gasteiger partial charge in [-0.25, -0.2) is 4.79 Å². The maximum atomic E-state index is 12.4. The van der Waals surface area contributed by atoms with Crippen LogP contribution in [0, 0.1) is 0 Å². The van der Waals surface area contributed by atoms with E-state index < -0.39 is 5.97 Å². The number of carbonyl (C=O) groups is 2. The van der Waals surface area contributed by atoms with Crippen molar-refractivity contribution in [2.75, 3.05) is 6.61 Å². The van der Waals surface area contributed by atoms with Crippen molar-refractivity contribution < 1.29 is 19.4 Å². The quantitative estimate of drug-likeness (QED) is 0.618. The van der Waals surface area contributed by atoms with E-state index in [1.165, 1.54) is 24.3 Å². The third kappa shape index (κ3) is 5.45. The molecule has 0 aromatic heterocycles. The molecule has 5 heteroatoms. The number of phenols is 1.